The summed E-state index contributed by atoms with van der Waals surface area (Å²) in [6.07, 6.45) is 2.90. The summed E-state index contributed by atoms with van der Waals surface area (Å²) in [6.45, 7) is 2.82. The first-order valence-electron chi connectivity index (χ1n) is 4.64. The van der Waals surface area contributed by atoms with Crippen LogP contribution in [0.1, 0.15) is 27.6 Å². The Labute approximate surface area is 111 Å². The van der Waals surface area contributed by atoms with Crippen LogP contribution >= 0.6 is 0 Å². The molecule has 4 nitrogen and oxygen atoms in total. The van der Waals surface area contributed by atoms with Crippen molar-refractivity contribution in [2.45, 2.75) is 26.2 Å². The Hall–Kier alpha value is 0.870. The van der Waals surface area contributed by atoms with Crippen molar-refractivity contribution in [3.8, 4) is 0 Å². The van der Waals surface area contributed by atoms with E-state index in [4.69, 9.17) is 4.18 Å². The van der Waals surface area contributed by atoms with Crippen LogP contribution in [-0.4, -0.2) is 34.4 Å². The fourth-order valence-electron chi connectivity index (χ4n) is 0.824. The number of unbranched alkanes of at least 4 members (excludes halogenated alkanes) is 2. The quantitative estimate of drug-likeness (QED) is 0.295. The van der Waals surface area contributed by atoms with Gasteiger partial charge in [-0.15, -0.1) is 0 Å². The predicted molar refractivity (Wildman–Crippen MR) is 54.3 cm³/mol. The Kier molecular flexibility index (Phi) is 12.8. The van der Waals surface area contributed by atoms with Crippen molar-refractivity contribution in [3.63, 3.8) is 0 Å². The topological polar surface area (TPSA) is 55.4 Å². The maximum absolute atomic E-state index is 11.1. The van der Waals surface area contributed by atoms with E-state index in [0.717, 1.165) is 19.3 Å². The van der Waals surface area contributed by atoms with E-state index in [1.807, 2.05) is 0 Å². The third-order valence-electron chi connectivity index (χ3n) is 1.61. The number of hydrogen-bond acceptors (Lipinski definition) is 4. The van der Waals surface area contributed by atoms with Crippen molar-refractivity contribution >= 4 is 10.1 Å². The fraction of sp³-hybridized carbons (Fsp3) is 1.00. The van der Waals surface area contributed by atoms with E-state index in [-0.39, 0.29) is 36.7 Å². The minimum absolute atomic E-state index is 0. The largest absolute Gasteiger partial charge is 1.00 e. The second kappa shape index (κ2) is 10.4. The van der Waals surface area contributed by atoms with Crippen molar-refractivity contribution in [3.05, 3.63) is 0 Å². The van der Waals surface area contributed by atoms with Gasteiger partial charge in [0.15, 0.2) is 0 Å². The molecule has 82 valence electrons. The maximum atomic E-state index is 11.1. The molecule has 6 heteroatoms. The van der Waals surface area contributed by atoms with Crippen LogP contribution in [0, 0.1) is 0 Å². The van der Waals surface area contributed by atoms with E-state index >= 15 is 0 Å². The maximum Gasteiger partial charge on any atom is 1.00 e. The van der Waals surface area contributed by atoms with Crippen molar-refractivity contribution in [2.75, 3.05) is 26.0 Å². The molecule has 0 saturated heterocycles. The standard InChI is InChI=1S/C8H19NO3S.Na.H/c1-3-4-5-7-12-13(10,11)8-6-9-2;;/h9H,3-8H2,1-2H3;;/q;+1;-1. The van der Waals surface area contributed by atoms with Gasteiger partial charge in [0.1, 0.15) is 0 Å². The predicted octanol–water partition coefficient (Wildman–Crippen LogP) is -2.14. The van der Waals surface area contributed by atoms with Gasteiger partial charge < -0.3 is 6.74 Å². The Balaban J connectivity index is -0.000000720. The molecule has 0 spiro atoms. The summed E-state index contributed by atoms with van der Waals surface area (Å²) < 4.78 is 26.9. The summed E-state index contributed by atoms with van der Waals surface area (Å²) in [5, 5.41) is 2.77. The van der Waals surface area contributed by atoms with Crippen LogP contribution < -0.4 is 34.9 Å². The molecule has 0 amide bonds. The molecule has 1 N–H and O–H groups in total. The summed E-state index contributed by atoms with van der Waals surface area (Å²) in [4.78, 5) is 0. The zero-order valence-electron chi connectivity index (χ0n) is 10.4. The summed E-state index contributed by atoms with van der Waals surface area (Å²) in [5.74, 6) is 0.0512. The second-order valence-electron chi connectivity index (χ2n) is 2.89. The van der Waals surface area contributed by atoms with E-state index in [2.05, 4.69) is 12.2 Å². The Morgan fingerprint density at radius 3 is 2.50 bits per heavy atom. The molecule has 0 fully saturated rings. The summed E-state index contributed by atoms with van der Waals surface area (Å²) in [5.41, 5.74) is 0. The summed E-state index contributed by atoms with van der Waals surface area (Å²) in [7, 11) is -1.57. The zero-order chi connectivity index (χ0) is 10.2. The molecule has 0 aliphatic rings. The van der Waals surface area contributed by atoms with Gasteiger partial charge in [0.2, 0.25) is 0 Å². The Bertz CT molecular complexity index is 212. The first kappa shape index (κ1) is 17.3. The monoisotopic (exact) mass is 233 g/mol. The molecule has 0 unspecified atom stereocenters. The number of nitrogens with one attached hydrogen (secondary N) is 1. The van der Waals surface area contributed by atoms with Gasteiger partial charge in [-0.1, -0.05) is 19.8 Å². The Morgan fingerprint density at radius 2 is 2.00 bits per heavy atom. The molecule has 0 atom stereocenters. The minimum Gasteiger partial charge on any atom is -1.00 e. The normalized spacial score (nSPS) is 11.0. The molecule has 14 heavy (non-hydrogen) atoms. The van der Waals surface area contributed by atoms with Crippen LogP contribution in [0.2, 0.25) is 0 Å². The second-order valence-corrected chi connectivity index (χ2v) is 4.65. The van der Waals surface area contributed by atoms with E-state index in [1.54, 1.807) is 7.05 Å². The molecular formula is C8H20NNaO3S. The third-order valence-corrected chi connectivity index (χ3v) is 2.84. The average molecular weight is 233 g/mol. The molecule has 0 aromatic heterocycles. The average Bonchev–Trinajstić information content (AvgIpc) is 2.09. The summed E-state index contributed by atoms with van der Waals surface area (Å²) in [6, 6.07) is 0. The SMILES string of the molecule is CCCCCOS(=O)(=O)CCNC.[H-].[Na+]. The van der Waals surface area contributed by atoms with Crippen molar-refractivity contribution in [2.24, 2.45) is 0 Å². The van der Waals surface area contributed by atoms with Crippen molar-refractivity contribution < 1.29 is 43.6 Å². The van der Waals surface area contributed by atoms with Crippen LogP contribution in [0.15, 0.2) is 0 Å². The molecule has 0 heterocycles. The van der Waals surface area contributed by atoms with E-state index in [0.29, 0.717) is 13.2 Å². The minimum atomic E-state index is -3.29. The van der Waals surface area contributed by atoms with E-state index in [9.17, 15) is 8.42 Å². The summed E-state index contributed by atoms with van der Waals surface area (Å²) >= 11 is 0. The zero-order valence-corrected chi connectivity index (χ0v) is 12.2. The first-order chi connectivity index (χ1) is 6.12. The van der Waals surface area contributed by atoms with E-state index in [1.165, 1.54) is 0 Å². The fourth-order valence-corrected chi connectivity index (χ4v) is 1.77. The van der Waals surface area contributed by atoms with Gasteiger partial charge >= 0.3 is 29.6 Å². The molecule has 0 saturated carbocycles. The van der Waals surface area contributed by atoms with Crippen LogP contribution in [0.3, 0.4) is 0 Å². The van der Waals surface area contributed by atoms with Gasteiger partial charge in [0.05, 0.1) is 12.4 Å². The molecule has 0 bridgehead atoms. The van der Waals surface area contributed by atoms with Crippen LogP contribution in [-0.2, 0) is 14.3 Å². The van der Waals surface area contributed by atoms with Crippen LogP contribution in [0.5, 0.6) is 0 Å². The Morgan fingerprint density at radius 1 is 1.36 bits per heavy atom. The molecule has 0 aromatic carbocycles. The number of rotatable bonds is 8. The van der Waals surface area contributed by atoms with Crippen LogP contribution in [0.4, 0.5) is 0 Å². The molecule has 0 aromatic rings. The van der Waals surface area contributed by atoms with Gasteiger partial charge in [-0.25, -0.2) is 0 Å². The van der Waals surface area contributed by atoms with Gasteiger partial charge in [0.25, 0.3) is 10.1 Å². The molecular weight excluding hydrogens is 213 g/mol. The van der Waals surface area contributed by atoms with Crippen molar-refractivity contribution in [1.82, 2.24) is 5.32 Å². The van der Waals surface area contributed by atoms with Crippen molar-refractivity contribution in [1.29, 1.82) is 0 Å². The smallest absolute Gasteiger partial charge is 1.00 e. The van der Waals surface area contributed by atoms with Crippen LogP contribution in [0.25, 0.3) is 0 Å². The molecule has 0 rings (SSSR count). The van der Waals surface area contributed by atoms with Gasteiger partial charge in [-0.05, 0) is 13.5 Å². The molecule has 0 radical (unpaired) electrons. The van der Waals surface area contributed by atoms with E-state index < -0.39 is 10.1 Å². The molecule has 0 aliphatic heterocycles. The third kappa shape index (κ3) is 10.9. The van der Waals surface area contributed by atoms with Gasteiger partial charge in [-0.2, -0.15) is 8.42 Å². The molecule has 0 aliphatic carbocycles. The van der Waals surface area contributed by atoms with Gasteiger partial charge in [0, 0.05) is 6.54 Å². The van der Waals surface area contributed by atoms with Gasteiger partial charge in [-0.3, -0.25) is 4.18 Å². The number of hydrogen-bond donors (Lipinski definition) is 1. The first-order valence-corrected chi connectivity index (χ1v) is 6.22.